The summed E-state index contributed by atoms with van der Waals surface area (Å²) in [5.74, 6) is 1.85. The van der Waals surface area contributed by atoms with Crippen LogP contribution in [0.5, 0.6) is 0 Å². The van der Waals surface area contributed by atoms with Crippen molar-refractivity contribution in [3.63, 3.8) is 0 Å². The van der Waals surface area contributed by atoms with Crippen LogP contribution in [0.25, 0.3) is 10.6 Å². The van der Waals surface area contributed by atoms with E-state index in [4.69, 9.17) is 21.8 Å². The van der Waals surface area contributed by atoms with Crippen molar-refractivity contribution < 1.29 is 4.42 Å². The van der Waals surface area contributed by atoms with Gasteiger partial charge in [-0.15, -0.1) is 11.3 Å². The highest BCUT2D eigenvalue weighted by Gasteiger charge is 2.15. The molecular formula is C12H15ClN2OS. The smallest absolute Gasteiger partial charge is 0.211 e. The van der Waals surface area contributed by atoms with Crippen molar-refractivity contribution in [1.82, 2.24) is 4.98 Å². The molecule has 2 rings (SSSR count). The van der Waals surface area contributed by atoms with Crippen molar-refractivity contribution in [3.05, 3.63) is 28.6 Å². The lowest BCUT2D eigenvalue weighted by molar-refractivity contribution is 0.408. The van der Waals surface area contributed by atoms with Crippen LogP contribution in [0.4, 0.5) is 0 Å². The Hall–Kier alpha value is -0.840. The largest absolute Gasteiger partial charge is 0.438 e. The lowest BCUT2D eigenvalue weighted by Gasteiger charge is -2.09. The van der Waals surface area contributed by atoms with Crippen molar-refractivity contribution in [1.29, 1.82) is 0 Å². The van der Waals surface area contributed by atoms with Crippen molar-refractivity contribution in [2.24, 2.45) is 11.7 Å². The Morgan fingerprint density at radius 2 is 2.24 bits per heavy atom. The minimum absolute atomic E-state index is 0.140. The highest BCUT2D eigenvalue weighted by molar-refractivity contribution is 7.19. The molecule has 0 aliphatic rings. The number of thiophene rings is 1. The van der Waals surface area contributed by atoms with Crippen LogP contribution >= 0.6 is 22.9 Å². The molecule has 2 aromatic rings. The maximum Gasteiger partial charge on any atom is 0.211 e. The molecule has 92 valence electrons. The molecule has 0 aromatic carbocycles. The van der Waals surface area contributed by atoms with E-state index in [1.807, 2.05) is 12.1 Å². The number of hydrogen-bond donors (Lipinski definition) is 1. The van der Waals surface area contributed by atoms with E-state index in [0.29, 0.717) is 11.8 Å². The molecule has 5 heteroatoms. The molecule has 17 heavy (non-hydrogen) atoms. The lowest BCUT2D eigenvalue weighted by atomic mass is 10.0. The van der Waals surface area contributed by atoms with Crippen LogP contribution in [-0.4, -0.2) is 4.98 Å². The Kier molecular flexibility index (Phi) is 3.86. The first-order chi connectivity index (χ1) is 8.06. The van der Waals surface area contributed by atoms with Gasteiger partial charge in [0.05, 0.1) is 21.5 Å². The van der Waals surface area contributed by atoms with Crippen LogP contribution in [0.15, 0.2) is 22.7 Å². The molecule has 1 atom stereocenters. The second-order valence-electron chi connectivity index (χ2n) is 4.40. The average molecular weight is 271 g/mol. The molecule has 0 bridgehead atoms. The maximum atomic E-state index is 6.01. The van der Waals surface area contributed by atoms with Crippen LogP contribution in [0.3, 0.4) is 0 Å². The predicted molar refractivity (Wildman–Crippen MR) is 71.2 cm³/mol. The molecule has 2 aromatic heterocycles. The van der Waals surface area contributed by atoms with Crippen molar-refractivity contribution in [2.45, 2.75) is 26.3 Å². The first-order valence-electron chi connectivity index (χ1n) is 5.53. The summed E-state index contributed by atoms with van der Waals surface area (Å²) in [5.41, 5.74) is 6.01. The average Bonchev–Trinajstić information content (AvgIpc) is 2.84. The number of nitrogens with zero attached hydrogens (tertiary/aromatic N) is 1. The standard InChI is InChI=1S/C12H15ClN2OS/c1-7(2)5-8(14)12-15-6-9(16-12)10-3-4-11(13)17-10/h3-4,6-8H,5,14H2,1-2H3. The highest BCUT2D eigenvalue weighted by atomic mass is 35.5. The molecule has 0 aliphatic carbocycles. The van der Waals surface area contributed by atoms with Gasteiger partial charge in [0, 0.05) is 0 Å². The Morgan fingerprint density at radius 3 is 2.82 bits per heavy atom. The van der Waals surface area contributed by atoms with Crippen LogP contribution in [0.2, 0.25) is 4.34 Å². The summed E-state index contributed by atoms with van der Waals surface area (Å²) in [6, 6.07) is 3.63. The van der Waals surface area contributed by atoms with E-state index in [0.717, 1.165) is 21.4 Å². The van der Waals surface area contributed by atoms with E-state index in [1.54, 1.807) is 6.20 Å². The Bertz CT molecular complexity index is 492. The molecule has 2 N–H and O–H groups in total. The Labute approximate surface area is 110 Å². The minimum Gasteiger partial charge on any atom is -0.438 e. The van der Waals surface area contributed by atoms with E-state index in [9.17, 15) is 0 Å². The van der Waals surface area contributed by atoms with E-state index < -0.39 is 0 Å². The third-order valence-electron chi connectivity index (χ3n) is 2.38. The quantitative estimate of drug-likeness (QED) is 0.910. The fourth-order valence-electron chi connectivity index (χ4n) is 1.63. The minimum atomic E-state index is -0.140. The second-order valence-corrected chi connectivity index (χ2v) is 6.12. The fourth-order valence-corrected chi connectivity index (χ4v) is 2.62. The molecule has 0 spiro atoms. The van der Waals surface area contributed by atoms with Gasteiger partial charge in [0.15, 0.2) is 5.76 Å². The van der Waals surface area contributed by atoms with Gasteiger partial charge in [-0.1, -0.05) is 25.4 Å². The van der Waals surface area contributed by atoms with Crippen LogP contribution < -0.4 is 5.73 Å². The molecule has 0 saturated carbocycles. The third-order valence-corrected chi connectivity index (χ3v) is 3.63. The topological polar surface area (TPSA) is 52.0 Å². The number of rotatable bonds is 4. The van der Waals surface area contributed by atoms with Gasteiger partial charge in [-0.05, 0) is 24.5 Å². The van der Waals surface area contributed by atoms with Gasteiger partial charge in [-0.25, -0.2) is 4.98 Å². The summed E-state index contributed by atoms with van der Waals surface area (Å²) in [6.07, 6.45) is 2.57. The summed E-state index contributed by atoms with van der Waals surface area (Å²) < 4.78 is 6.40. The molecule has 3 nitrogen and oxygen atoms in total. The van der Waals surface area contributed by atoms with Crippen molar-refractivity contribution in [3.8, 4) is 10.6 Å². The Morgan fingerprint density at radius 1 is 1.47 bits per heavy atom. The van der Waals surface area contributed by atoms with Gasteiger partial charge in [-0.3, -0.25) is 0 Å². The maximum absolute atomic E-state index is 6.01. The number of nitrogens with two attached hydrogens (primary N) is 1. The summed E-state index contributed by atoms with van der Waals surface area (Å²) in [7, 11) is 0. The molecule has 0 fully saturated rings. The van der Waals surface area contributed by atoms with Gasteiger partial charge in [0.1, 0.15) is 0 Å². The zero-order valence-electron chi connectivity index (χ0n) is 9.81. The van der Waals surface area contributed by atoms with E-state index >= 15 is 0 Å². The van der Waals surface area contributed by atoms with Crippen LogP contribution in [0, 0.1) is 5.92 Å². The summed E-state index contributed by atoms with van der Waals surface area (Å²) in [6.45, 7) is 4.26. The molecule has 1 unspecified atom stereocenters. The Balaban J connectivity index is 2.15. The first kappa shape index (κ1) is 12.6. The van der Waals surface area contributed by atoms with Crippen molar-refractivity contribution in [2.75, 3.05) is 0 Å². The molecule has 0 saturated heterocycles. The normalized spacial score (nSPS) is 13.2. The zero-order chi connectivity index (χ0) is 12.4. The van der Waals surface area contributed by atoms with E-state index in [1.165, 1.54) is 11.3 Å². The van der Waals surface area contributed by atoms with Crippen LogP contribution in [0.1, 0.15) is 32.2 Å². The molecule has 0 amide bonds. The summed E-state index contributed by atoms with van der Waals surface area (Å²) >= 11 is 7.35. The molecular weight excluding hydrogens is 256 g/mol. The summed E-state index contributed by atoms with van der Waals surface area (Å²) in [5, 5.41) is 0. The van der Waals surface area contributed by atoms with Gasteiger partial charge in [0.25, 0.3) is 0 Å². The summed E-state index contributed by atoms with van der Waals surface area (Å²) in [4.78, 5) is 5.20. The van der Waals surface area contributed by atoms with Crippen LogP contribution in [-0.2, 0) is 0 Å². The van der Waals surface area contributed by atoms with E-state index in [-0.39, 0.29) is 6.04 Å². The number of hydrogen-bond acceptors (Lipinski definition) is 4. The van der Waals surface area contributed by atoms with Gasteiger partial charge in [0.2, 0.25) is 5.89 Å². The lowest BCUT2D eigenvalue weighted by Crippen LogP contribution is -2.13. The van der Waals surface area contributed by atoms with Gasteiger partial charge < -0.3 is 10.2 Å². The van der Waals surface area contributed by atoms with Gasteiger partial charge >= 0.3 is 0 Å². The molecule has 0 radical (unpaired) electrons. The number of halogens is 1. The molecule has 0 aliphatic heterocycles. The third kappa shape index (κ3) is 3.09. The van der Waals surface area contributed by atoms with E-state index in [2.05, 4.69) is 18.8 Å². The predicted octanol–water partition coefficient (Wildman–Crippen LogP) is 4.10. The first-order valence-corrected chi connectivity index (χ1v) is 6.72. The SMILES string of the molecule is CC(C)CC(N)c1ncc(-c2ccc(Cl)s2)o1. The second kappa shape index (κ2) is 5.21. The number of oxazole rings is 1. The fraction of sp³-hybridized carbons (Fsp3) is 0.417. The molecule has 2 heterocycles. The number of aromatic nitrogens is 1. The van der Waals surface area contributed by atoms with Gasteiger partial charge in [-0.2, -0.15) is 0 Å². The van der Waals surface area contributed by atoms with Crippen molar-refractivity contribution >= 4 is 22.9 Å². The zero-order valence-corrected chi connectivity index (χ0v) is 11.4. The monoisotopic (exact) mass is 270 g/mol. The highest BCUT2D eigenvalue weighted by Crippen LogP contribution is 2.32.